The number of sulfone groups is 1. The van der Waals surface area contributed by atoms with Crippen LogP contribution in [0.25, 0.3) is 11.0 Å². The number of carbonyl (C=O) groups is 2. The molecule has 1 N–H and O–H groups in total. The molecule has 146 valence electrons. The maximum absolute atomic E-state index is 12.4. The van der Waals surface area contributed by atoms with Crippen molar-refractivity contribution in [2.24, 2.45) is 0 Å². The Balaban J connectivity index is 1.60. The molecule has 27 heavy (non-hydrogen) atoms. The van der Waals surface area contributed by atoms with Gasteiger partial charge < -0.3 is 19.2 Å². The van der Waals surface area contributed by atoms with Crippen LogP contribution in [0.1, 0.15) is 18.9 Å². The van der Waals surface area contributed by atoms with Crippen LogP contribution in [-0.2, 0) is 30.6 Å². The molecule has 1 amide bonds. The summed E-state index contributed by atoms with van der Waals surface area (Å²) in [6.07, 6.45) is 0.691. The zero-order valence-corrected chi connectivity index (χ0v) is 15.9. The average molecular weight is 395 g/mol. The van der Waals surface area contributed by atoms with Crippen molar-refractivity contribution in [3.05, 3.63) is 30.0 Å². The van der Waals surface area contributed by atoms with Gasteiger partial charge in [-0.25, -0.2) is 8.42 Å². The Morgan fingerprint density at radius 2 is 2.15 bits per heavy atom. The highest BCUT2D eigenvalue weighted by Gasteiger charge is 2.35. The van der Waals surface area contributed by atoms with E-state index in [0.29, 0.717) is 23.0 Å². The van der Waals surface area contributed by atoms with Crippen LogP contribution in [0.2, 0.25) is 0 Å². The molecule has 1 aromatic carbocycles. The van der Waals surface area contributed by atoms with Crippen molar-refractivity contribution in [3.63, 3.8) is 0 Å². The molecule has 0 spiro atoms. The van der Waals surface area contributed by atoms with Gasteiger partial charge in [0.2, 0.25) is 0 Å². The third-order valence-electron chi connectivity index (χ3n) is 4.73. The minimum absolute atomic E-state index is 0.0576. The topological polar surface area (TPSA) is 114 Å². The number of hydrogen-bond donors (Lipinski definition) is 1. The van der Waals surface area contributed by atoms with E-state index in [1.54, 1.807) is 6.07 Å². The minimum Gasteiger partial charge on any atom is -0.508 e. The number of phenols is 1. The number of likely N-dealkylation sites (N-methyl/N-ethyl adjacent to an activating group) is 1. The highest BCUT2D eigenvalue weighted by molar-refractivity contribution is 7.91. The van der Waals surface area contributed by atoms with Gasteiger partial charge in [0.25, 0.3) is 5.91 Å². The van der Waals surface area contributed by atoms with Crippen molar-refractivity contribution in [1.82, 2.24) is 4.90 Å². The molecule has 2 heterocycles. The van der Waals surface area contributed by atoms with E-state index in [9.17, 15) is 23.1 Å². The van der Waals surface area contributed by atoms with Crippen LogP contribution in [0.15, 0.2) is 28.9 Å². The predicted octanol–water partition coefficient (Wildman–Crippen LogP) is 1.26. The van der Waals surface area contributed by atoms with E-state index < -0.39 is 33.9 Å². The second kappa shape index (κ2) is 7.22. The van der Waals surface area contributed by atoms with Gasteiger partial charge in [-0.05, 0) is 25.5 Å². The van der Waals surface area contributed by atoms with Crippen LogP contribution in [0.3, 0.4) is 0 Å². The molecule has 3 rings (SSSR count). The first-order valence-corrected chi connectivity index (χ1v) is 10.3. The molecule has 0 saturated carbocycles. The fourth-order valence-corrected chi connectivity index (χ4v) is 4.98. The number of carbonyl (C=O) groups excluding carboxylic acids is 2. The number of hydrogen-bond acceptors (Lipinski definition) is 7. The van der Waals surface area contributed by atoms with Crippen molar-refractivity contribution in [3.8, 4) is 5.75 Å². The van der Waals surface area contributed by atoms with Crippen LogP contribution in [0.5, 0.6) is 5.75 Å². The Hall–Kier alpha value is -2.55. The van der Waals surface area contributed by atoms with E-state index >= 15 is 0 Å². The third kappa shape index (κ3) is 4.24. The van der Waals surface area contributed by atoms with Crippen molar-refractivity contribution in [1.29, 1.82) is 0 Å². The quantitative estimate of drug-likeness (QED) is 0.758. The van der Waals surface area contributed by atoms with Gasteiger partial charge in [-0.2, -0.15) is 0 Å². The standard InChI is InChI=1S/C18H21NO7S/c1-11(18(22)19(2)13-5-6-27(23,24)10-13)26-17(21)7-12-9-25-16-8-14(20)3-4-15(12)16/h3-4,8-9,11,13,20H,5-7,10H2,1-2H3/t11-,13+/m1/s1. The number of rotatable bonds is 5. The Bertz CT molecular complexity index is 979. The number of phenolic OH excluding ortho intramolecular Hbond substituents is 1. The normalized spacial score (nSPS) is 19.7. The van der Waals surface area contributed by atoms with Gasteiger partial charge in [0, 0.05) is 30.1 Å². The van der Waals surface area contributed by atoms with Crippen molar-refractivity contribution < 1.29 is 32.3 Å². The number of benzene rings is 1. The minimum atomic E-state index is -3.11. The Kier molecular flexibility index (Phi) is 5.14. The first-order chi connectivity index (χ1) is 12.7. The second-order valence-electron chi connectivity index (χ2n) is 6.76. The van der Waals surface area contributed by atoms with E-state index in [2.05, 4.69) is 0 Å². The van der Waals surface area contributed by atoms with E-state index in [4.69, 9.17) is 9.15 Å². The molecule has 0 bridgehead atoms. The number of aromatic hydroxyl groups is 1. The highest BCUT2D eigenvalue weighted by atomic mass is 32.2. The van der Waals surface area contributed by atoms with Crippen molar-refractivity contribution in [2.75, 3.05) is 18.6 Å². The maximum atomic E-state index is 12.4. The first-order valence-electron chi connectivity index (χ1n) is 8.52. The molecule has 0 unspecified atom stereocenters. The summed E-state index contributed by atoms with van der Waals surface area (Å²) >= 11 is 0. The molecule has 9 heteroatoms. The molecule has 1 aliphatic heterocycles. The molecule has 1 fully saturated rings. The van der Waals surface area contributed by atoms with E-state index in [-0.39, 0.29) is 23.7 Å². The molecule has 1 saturated heterocycles. The second-order valence-corrected chi connectivity index (χ2v) is 8.98. The van der Waals surface area contributed by atoms with Gasteiger partial charge in [0.15, 0.2) is 15.9 Å². The van der Waals surface area contributed by atoms with Crippen LogP contribution in [-0.4, -0.2) is 61.0 Å². The van der Waals surface area contributed by atoms with Gasteiger partial charge in [-0.15, -0.1) is 0 Å². The molecule has 1 aliphatic rings. The Morgan fingerprint density at radius 3 is 2.81 bits per heavy atom. The highest BCUT2D eigenvalue weighted by Crippen LogP contribution is 2.25. The van der Waals surface area contributed by atoms with Crippen LogP contribution < -0.4 is 0 Å². The summed E-state index contributed by atoms with van der Waals surface area (Å²) in [5, 5.41) is 10.1. The van der Waals surface area contributed by atoms with Crippen LogP contribution >= 0.6 is 0 Å². The first kappa shape index (κ1) is 19.2. The summed E-state index contributed by atoms with van der Waals surface area (Å²) < 4.78 is 33.7. The van der Waals surface area contributed by atoms with Gasteiger partial charge in [0.05, 0.1) is 24.2 Å². The fourth-order valence-electron chi connectivity index (χ4n) is 3.20. The lowest BCUT2D eigenvalue weighted by Gasteiger charge is -2.26. The number of amides is 1. The summed E-state index contributed by atoms with van der Waals surface area (Å²) in [5.41, 5.74) is 1.04. The predicted molar refractivity (Wildman–Crippen MR) is 97.0 cm³/mol. The van der Waals surface area contributed by atoms with E-state index in [1.807, 2.05) is 0 Å². The van der Waals surface area contributed by atoms with Gasteiger partial charge in [-0.3, -0.25) is 9.59 Å². The average Bonchev–Trinajstić information content (AvgIpc) is 3.16. The number of nitrogens with zero attached hydrogens (tertiary/aromatic N) is 1. The molecule has 2 atom stereocenters. The molecule has 0 radical (unpaired) electrons. The van der Waals surface area contributed by atoms with Crippen molar-refractivity contribution >= 4 is 32.7 Å². The SMILES string of the molecule is C[C@@H](OC(=O)Cc1coc2cc(O)ccc12)C(=O)N(C)[C@H]1CCS(=O)(=O)C1. The Labute approximate surface area is 156 Å². The summed E-state index contributed by atoms with van der Waals surface area (Å²) in [6, 6.07) is 4.18. The lowest BCUT2D eigenvalue weighted by molar-refractivity contribution is -0.158. The van der Waals surface area contributed by atoms with Gasteiger partial charge >= 0.3 is 5.97 Å². The van der Waals surface area contributed by atoms with Gasteiger partial charge in [-0.1, -0.05) is 0 Å². The maximum Gasteiger partial charge on any atom is 0.311 e. The monoisotopic (exact) mass is 395 g/mol. The lowest BCUT2D eigenvalue weighted by Crippen LogP contribution is -2.44. The lowest BCUT2D eigenvalue weighted by atomic mass is 10.1. The Morgan fingerprint density at radius 1 is 1.41 bits per heavy atom. The van der Waals surface area contributed by atoms with E-state index in [0.717, 1.165) is 0 Å². The summed E-state index contributed by atoms with van der Waals surface area (Å²) in [4.78, 5) is 26.0. The number of fused-ring (bicyclic) bond motifs is 1. The van der Waals surface area contributed by atoms with Crippen LogP contribution in [0.4, 0.5) is 0 Å². The smallest absolute Gasteiger partial charge is 0.311 e. The summed E-state index contributed by atoms with van der Waals surface area (Å²) in [5.74, 6) is -0.982. The molecule has 2 aromatic rings. The van der Waals surface area contributed by atoms with Gasteiger partial charge in [0.1, 0.15) is 11.3 Å². The zero-order valence-electron chi connectivity index (χ0n) is 15.0. The molecule has 0 aliphatic carbocycles. The zero-order chi connectivity index (χ0) is 19.8. The summed E-state index contributed by atoms with van der Waals surface area (Å²) in [7, 11) is -1.59. The van der Waals surface area contributed by atoms with Crippen molar-refractivity contribution in [2.45, 2.75) is 31.9 Å². The molecule has 1 aromatic heterocycles. The number of esters is 1. The molecular formula is C18H21NO7S. The number of ether oxygens (including phenoxy) is 1. The third-order valence-corrected chi connectivity index (χ3v) is 6.48. The van der Waals surface area contributed by atoms with E-state index in [1.165, 1.54) is 37.3 Å². The largest absolute Gasteiger partial charge is 0.508 e. The molecule has 8 nitrogen and oxygen atoms in total. The molecular weight excluding hydrogens is 374 g/mol. The van der Waals surface area contributed by atoms with Crippen LogP contribution in [0, 0.1) is 0 Å². The fraction of sp³-hybridized carbons (Fsp3) is 0.444. The summed E-state index contributed by atoms with van der Waals surface area (Å²) in [6.45, 7) is 1.46. The number of furan rings is 1.